The van der Waals surface area contributed by atoms with Crippen molar-refractivity contribution in [1.29, 1.82) is 0 Å². The van der Waals surface area contributed by atoms with Crippen LogP contribution in [-0.4, -0.2) is 19.8 Å². The molecule has 1 N–H and O–H groups in total. The summed E-state index contributed by atoms with van der Waals surface area (Å²) < 4.78 is 12.8. The fraction of sp³-hybridized carbons (Fsp3) is 1.00. The summed E-state index contributed by atoms with van der Waals surface area (Å²) in [5.74, 6) is 0.479. The molecule has 1 atom stereocenters. The number of hydrogen-bond acceptors (Lipinski definition) is 1. The number of alkyl halides is 1. The van der Waals surface area contributed by atoms with Crippen LogP contribution in [0.5, 0.6) is 0 Å². The first kappa shape index (κ1) is 14.4. The van der Waals surface area contributed by atoms with Gasteiger partial charge < -0.3 is 5.32 Å². The zero-order valence-corrected chi connectivity index (χ0v) is 9.15. The number of nitrogens with one attached hydrogen (secondary N) is 1. The van der Waals surface area contributed by atoms with Gasteiger partial charge in [0, 0.05) is 0 Å². The standard InChI is InChI=1S/C8H18FN.C2H6/c1-7(2)6-8(9)4-5-10-3;1-2/h7-8,10H,4-6H2,1-3H3;1-2H3/t8-;/m1./s1. The Hall–Kier alpha value is -0.110. The number of rotatable bonds is 5. The van der Waals surface area contributed by atoms with E-state index in [1.54, 1.807) is 0 Å². The molecule has 0 amide bonds. The van der Waals surface area contributed by atoms with Crippen LogP contribution in [0.25, 0.3) is 0 Å². The van der Waals surface area contributed by atoms with Gasteiger partial charge >= 0.3 is 0 Å². The Morgan fingerprint density at radius 2 is 1.75 bits per heavy atom. The van der Waals surface area contributed by atoms with Gasteiger partial charge in [-0.25, -0.2) is 4.39 Å². The summed E-state index contributed by atoms with van der Waals surface area (Å²) in [4.78, 5) is 0. The second-order valence-corrected chi connectivity index (χ2v) is 3.12. The van der Waals surface area contributed by atoms with Crippen LogP contribution in [-0.2, 0) is 0 Å². The molecule has 0 heterocycles. The maximum absolute atomic E-state index is 12.8. The van der Waals surface area contributed by atoms with E-state index < -0.39 is 6.17 Å². The molecule has 1 nitrogen and oxygen atoms in total. The second kappa shape index (κ2) is 10.9. The molecule has 0 aromatic carbocycles. The quantitative estimate of drug-likeness (QED) is 0.680. The summed E-state index contributed by atoms with van der Waals surface area (Å²) in [5.41, 5.74) is 0. The van der Waals surface area contributed by atoms with Gasteiger partial charge in [0.25, 0.3) is 0 Å². The monoisotopic (exact) mass is 177 g/mol. The van der Waals surface area contributed by atoms with Gasteiger partial charge in [-0.15, -0.1) is 0 Å². The summed E-state index contributed by atoms with van der Waals surface area (Å²) in [6.45, 7) is 8.88. The van der Waals surface area contributed by atoms with Crippen LogP contribution in [0.2, 0.25) is 0 Å². The molecule has 0 aromatic rings. The first-order chi connectivity index (χ1) is 5.66. The van der Waals surface area contributed by atoms with Gasteiger partial charge in [-0.05, 0) is 32.4 Å². The lowest BCUT2D eigenvalue weighted by molar-refractivity contribution is 0.266. The highest BCUT2D eigenvalue weighted by Crippen LogP contribution is 2.10. The van der Waals surface area contributed by atoms with Gasteiger partial charge in [-0.1, -0.05) is 27.7 Å². The first-order valence-electron chi connectivity index (χ1n) is 4.95. The molecule has 0 radical (unpaired) electrons. The van der Waals surface area contributed by atoms with Crippen LogP contribution in [0.4, 0.5) is 4.39 Å². The predicted octanol–water partition coefficient (Wildman–Crippen LogP) is 3.01. The smallest absolute Gasteiger partial charge is 0.102 e. The van der Waals surface area contributed by atoms with Crippen molar-refractivity contribution in [2.75, 3.05) is 13.6 Å². The van der Waals surface area contributed by atoms with Gasteiger partial charge in [0.2, 0.25) is 0 Å². The largest absolute Gasteiger partial charge is 0.320 e. The van der Waals surface area contributed by atoms with Crippen molar-refractivity contribution in [3.8, 4) is 0 Å². The van der Waals surface area contributed by atoms with Gasteiger partial charge in [-0.3, -0.25) is 0 Å². The van der Waals surface area contributed by atoms with E-state index in [9.17, 15) is 4.39 Å². The fourth-order valence-electron chi connectivity index (χ4n) is 0.930. The van der Waals surface area contributed by atoms with Crippen molar-refractivity contribution in [1.82, 2.24) is 5.32 Å². The van der Waals surface area contributed by atoms with E-state index in [2.05, 4.69) is 5.32 Å². The van der Waals surface area contributed by atoms with Crippen molar-refractivity contribution >= 4 is 0 Å². The summed E-state index contributed by atoms with van der Waals surface area (Å²) in [7, 11) is 1.85. The Morgan fingerprint density at radius 1 is 1.25 bits per heavy atom. The lowest BCUT2D eigenvalue weighted by Crippen LogP contribution is -2.15. The minimum Gasteiger partial charge on any atom is -0.320 e. The number of hydrogen-bond donors (Lipinski definition) is 1. The first-order valence-corrected chi connectivity index (χ1v) is 4.95. The van der Waals surface area contributed by atoms with E-state index in [0.29, 0.717) is 18.8 Å². The van der Waals surface area contributed by atoms with Crippen LogP contribution in [0, 0.1) is 5.92 Å². The molecule has 0 aromatic heterocycles. The molecule has 0 saturated heterocycles. The van der Waals surface area contributed by atoms with E-state index in [0.717, 1.165) is 6.54 Å². The third-order valence-electron chi connectivity index (χ3n) is 1.43. The Balaban J connectivity index is 0. The van der Waals surface area contributed by atoms with Crippen molar-refractivity contribution in [2.24, 2.45) is 5.92 Å². The zero-order valence-electron chi connectivity index (χ0n) is 9.15. The molecule has 0 aliphatic rings. The van der Waals surface area contributed by atoms with Crippen LogP contribution in [0.3, 0.4) is 0 Å². The zero-order chi connectivity index (χ0) is 9.98. The molecule has 0 fully saturated rings. The highest BCUT2D eigenvalue weighted by atomic mass is 19.1. The third kappa shape index (κ3) is 12.6. The Morgan fingerprint density at radius 3 is 2.08 bits per heavy atom. The van der Waals surface area contributed by atoms with Gasteiger partial charge in [0.15, 0.2) is 0 Å². The molecule has 2 heteroatoms. The van der Waals surface area contributed by atoms with Gasteiger partial charge in [-0.2, -0.15) is 0 Å². The molecule has 0 spiro atoms. The molecule has 0 aliphatic carbocycles. The van der Waals surface area contributed by atoms with Crippen LogP contribution in [0.15, 0.2) is 0 Å². The Bertz CT molecular complexity index is 74.2. The summed E-state index contributed by atoms with van der Waals surface area (Å²) in [6, 6.07) is 0. The van der Waals surface area contributed by atoms with Crippen LogP contribution >= 0.6 is 0 Å². The summed E-state index contributed by atoms with van der Waals surface area (Å²) in [5, 5.41) is 2.93. The topological polar surface area (TPSA) is 12.0 Å². The van der Waals surface area contributed by atoms with Crippen molar-refractivity contribution in [3.63, 3.8) is 0 Å². The van der Waals surface area contributed by atoms with E-state index >= 15 is 0 Å². The molecule has 0 saturated carbocycles. The maximum Gasteiger partial charge on any atom is 0.102 e. The summed E-state index contributed by atoms with van der Waals surface area (Å²) >= 11 is 0. The fourth-order valence-corrected chi connectivity index (χ4v) is 0.930. The lowest BCUT2D eigenvalue weighted by atomic mass is 10.1. The number of halogens is 1. The predicted molar refractivity (Wildman–Crippen MR) is 54.2 cm³/mol. The van der Waals surface area contributed by atoms with Gasteiger partial charge in [0.05, 0.1) is 0 Å². The van der Waals surface area contributed by atoms with E-state index in [-0.39, 0.29) is 0 Å². The molecule has 0 aliphatic heterocycles. The molecule has 0 bridgehead atoms. The van der Waals surface area contributed by atoms with Crippen LogP contribution < -0.4 is 5.32 Å². The minimum atomic E-state index is -0.618. The van der Waals surface area contributed by atoms with E-state index in [1.807, 2.05) is 34.7 Å². The lowest BCUT2D eigenvalue weighted by Gasteiger charge is -2.09. The highest BCUT2D eigenvalue weighted by molar-refractivity contribution is 4.59. The minimum absolute atomic E-state index is 0.479. The van der Waals surface area contributed by atoms with E-state index in [4.69, 9.17) is 0 Å². The van der Waals surface area contributed by atoms with Crippen molar-refractivity contribution in [2.45, 2.75) is 46.7 Å². The molecule has 0 unspecified atom stereocenters. The SMILES string of the molecule is CC.CNCC[C@@H](F)CC(C)C. The second-order valence-electron chi connectivity index (χ2n) is 3.12. The molecule has 12 heavy (non-hydrogen) atoms. The Labute approximate surface area is 76.7 Å². The van der Waals surface area contributed by atoms with Gasteiger partial charge in [0.1, 0.15) is 6.17 Å². The molecular formula is C10H24FN. The van der Waals surface area contributed by atoms with Crippen LogP contribution in [0.1, 0.15) is 40.5 Å². The summed E-state index contributed by atoms with van der Waals surface area (Å²) in [6.07, 6.45) is 0.726. The third-order valence-corrected chi connectivity index (χ3v) is 1.43. The normalized spacial score (nSPS) is 12.2. The molecule has 76 valence electrons. The maximum atomic E-state index is 12.8. The average molecular weight is 177 g/mol. The molecular weight excluding hydrogens is 153 g/mol. The highest BCUT2D eigenvalue weighted by Gasteiger charge is 2.07. The Kier molecular flexibility index (Phi) is 13.1. The van der Waals surface area contributed by atoms with Crippen molar-refractivity contribution in [3.05, 3.63) is 0 Å². The molecule has 0 rings (SSSR count). The van der Waals surface area contributed by atoms with Crippen molar-refractivity contribution < 1.29 is 4.39 Å². The average Bonchev–Trinajstić information content (AvgIpc) is 2.03. The van der Waals surface area contributed by atoms with E-state index in [1.165, 1.54) is 0 Å².